The van der Waals surface area contributed by atoms with Gasteiger partial charge in [-0.2, -0.15) is 0 Å². The summed E-state index contributed by atoms with van der Waals surface area (Å²) in [7, 11) is 1.83. The van der Waals surface area contributed by atoms with Crippen molar-refractivity contribution < 1.29 is 14.3 Å². The van der Waals surface area contributed by atoms with Gasteiger partial charge in [-0.15, -0.1) is 0 Å². The van der Waals surface area contributed by atoms with E-state index >= 15 is 0 Å². The molecule has 30 heavy (non-hydrogen) atoms. The van der Waals surface area contributed by atoms with E-state index in [1.165, 1.54) is 0 Å². The van der Waals surface area contributed by atoms with Crippen molar-refractivity contribution in [1.82, 2.24) is 10.2 Å². The van der Waals surface area contributed by atoms with Gasteiger partial charge in [0.1, 0.15) is 0 Å². The average Bonchev–Trinajstić information content (AvgIpc) is 2.70. The minimum Gasteiger partial charge on any atom is -0.462 e. The van der Waals surface area contributed by atoms with Crippen molar-refractivity contribution in [3.05, 3.63) is 41.1 Å². The normalized spacial score (nSPS) is 16.5. The lowest BCUT2D eigenvalue weighted by Crippen LogP contribution is -2.46. The quantitative estimate of drug-likeness (QED) is 0.340. The fraction of sp³-hybridized carbons (Fsp3) is 0.522. The Bertz CT molecular complexity index is 802. The van der Waals surface area contributed by atoms with Crippen LogP contribution < -0.4 is 10.6 Å². The number of nitrogens with one attached hydrogen (secondary N) is 2. The Hall–Kier alpha value is -2.41. The Morgan fingerprint density at radius 3 is 2.50 bits per heavy atom. The van der Waals surface area contributed by atoms with Crippen LogP contribution in [0.15, 0.2) is 35.5 Å². The zero-order valence-electron chi connectivity index (χ0n) is 18.6. The Labute approximate surface area is 185 Å². The van der Waals surface area contributed by atoms with Gasteiger partial charge in [-0.25, -0.2) is 4.79 Å². The summed E-state index contributed by atoms with van der Waals surface area (Å²) < 4.78 is 5.51. The fourth-order valence-electron chi connectivity index (χ4n) is 3.19. The van der Waals surface area contributed by atoms with Gasteiger partial charge in [-0.3, -0.25) is 4.79 Å². The number of rotatable bonds is 9. The molecule has 6 nitrogen and oxygen atoms in total. The van der Waals surface area contributed by atoms with Gasteiger partial charge >= 0.3 is 5.97 Å². The topological polar surface area (TPSA) is 70.7 Å². The van der Waals surface area contributed by atoms with Gasteiger partial charge in [0.05, 0.1) is 18.2 Å². The first-order valence-corrected chi connectivity index (χ1v) is 11.0. The molecule has 1 amide bonds. The monoisotopic (exact) mass is 431 g/mol. The molecule has 2 N–H and O–H groups in total. The highest BCUT2D eigenvalue weighted by molar-refractivity contribution is 7.80. The summed E-state index contributed by atoms with van der Waals surface area (Å²) in [5.41, 5.74) is 2.93. The van der Waals surface area contributed by atoms with Crippen molar-refractivity contribution >= 4 is 34.9 Å². The summed E-state index contributed by atoms with van der Waals surface area (Å²) in [6, 6.07) is 7.10. The maximum atomic E-state index is 12.8. The van der Waals surface area contributed by atoms with E-state index in [1.54, 1.807) is 4.90 Å². The SMILES string of the molecule is CCCCCC(=O)Nc1ccc(C2NC(=S)N(C)C(C)=C2C(=O)OCC(C)C)cc1. The third-order valence-electron chi connectivity index (χ3n) is 5.06. The summed E-state index contributed by atoms with van der Waals surface area (Å²) in [5, 5.41) is 6.71. The molecule has 0 bridgehead atoms. The molecule has 1 aromatic carbocycles. The molecule has 1 aromatic rings. The fourth-order valence-corrected chi connectivity index (χ4v) is 3.44. The van der Waals surface area contributed by atoms with Gasteiger partial charge in [-0.05, 0) is 49.2 Å². The number of unbranched alkanes of at least 4 members (excludes halogenated alkanes) is 2. The number of hydrogen-bond donors (Lipinski definition) is 2. The molecule has 0 fully saturated rings. The zero-order valence-corrected chi connectivity index (χ0v) is 19.4. The van der Waals surface area contributed by atoms with E-state index in [0.717, 1.165) is 36.2 Å². The van der Waals surface area contributed by atoms with Crippen LogP contribution in [-0.4, -0.2) is 35.5 Å². The highest BCUT2D eigenvalue weighted by Gasteiger charge is 2.33. The molecule has 164 valence electrons. The number of carbonyl (C=O) groups is 2. The summed E-state index contributed by atoms with van der Waals surface area (Å²) in [4.78, 5) is 26.7. The number of carbonyl (C=O) groups excluding carboxylic acids is 2. The molecule has 0 spiro atoms. The van der Waals surface area contributed by atoms with Gasteiger partial charge < -0.3 is 20.3 Å². The zero-order chi connectivity index (χ0) is 22.3. The van der Waals surface area contributed by atoms with Crippen molar-refractivity contribution in [2.45, 2.75) is 59.4 Å². The standard InChI is InChI=1S/C23H33N3O3S/c1-6-7-8-9-19(27)24-18-12-10-17(11-13-18)21-20(22(28)29-14-15(2)3)16(4)26(5)23(30)25-21/h10-13,15,21H,6-9,14H2,1-5H3,(H,24,27)(H,25,30). The molecule has 0 aromatic heterocycles. The second-order valence-corrected chi connectivity index (χ2v) is 8.45. The first-order chi connectivity index (χ1) is 14.2. The Kier molecular flexibility index (Phi) is 8.84. The number of hydrogen-bond acceptors (Lipinski definition) is 4. The van der Waals surface area contributed by atoms with Crippen LogP contribution in [0, 0.1) is 5.92 Å². The van der Waals surface area contributed by atoms with Crippen LogP contribution >= 0.6 is 12.2 Å². The van der Waals surface area contributed by atoms with Crippen molar-refractivity contribution in [2.24, 2.45) is 5.92 Å². The highest BCUT2D eigenvalue weighted by atomic mass is 32.1. The Morgan fingerprint density at radius 1 is 1.23 bits per heavy atom. The average molecular weight is 432 g/mol. The molecular formula is C23H33N3O3S. The number of ether oxygens (including phenoxy) is 1. The minimum absolute atomic E-state index is 0.0171. The predicted octanol–water partition coefficient (Wildman–Crippen LogP) is 4.54. The number of nitrogens with zero attached hydrogens (tertiary/aromatic N) is 1. The molecular weight excluding hydrogens is 398 g/mol. The van der Waals surface area contributed by atoms with Crippen molar-refractivity contribution in [3.8, 4) is 0 Å². The second kappa shape index (κ2) is 11.1. The van der Waals surface area contributed by atoms with Crippen LogP contribution in [0.5, 0.6) is 0 Å². The predicted molar refractivity (Wildman–Crippen MR) is 124 cm³/mol. The summed E-state index contributed by atoms with van der Waals surface area (Å²) >= 11 is 5.43. The number of thiocarbonyl (C=S) groups is 1. The van der Waals surface area contributed by atoms with Crippen LogP contribution in [0.1, 0.15) is 65.0 Å². The van der Waals surface area contributed by atoms with Crippen LogP contribution in [0.4, 0.5) is 5.69 Å². The lowest BCUT2D eigenvalue weighted by Gasteiger charge is -2.35. The van der Waals surface area contributed by atoms with Gasteiger partial charge in [-0.1, -0.05) is 45.7 Å². The summed E-state index contributed by atoms with van der Waals surface area (Å²) in [5.74, 6) is -0.0753. The van der Waals surface area contributed by atoms with Gasteiger partial charge in [0, 0.05) is 24.9 Å². The number of benzene rings is 1. The van der Waals surface area contributed by atoms with E-state index < -0.39 is 6.04 Å². The Morgan fingerprint density at radius 2 is 1.90 bits per heavy atom. The molecule has 0 saturated heterocycles. The molecule has 1 unspecified atom stereocenters. The van der Waals surface area contributed by atoms with Gasteiger partial charge in [0.15, 0.2) is 5.11 Å². The molecule has 0 saturated carbocycles. The number of amides is 1. The van der Waals surface area contributed by atoms with E-state index in [2.05, 4.69) is 17.6 Å². The van der Waals surface area contributed by atoms with Crippen molar-refractivity contribution in [1.29, 1.82) is 0 Å². The van der Waals surface area contributed by atoms with E-state index in [9.17, 15) is 9.59 Å². The van der Waals surface area contributed by atoms with E-state index in [4.69, 9.17) is 17.0 Å². The summed E-state index contributed by atoms with van der Waals surface area (Å²) in [6.45, 7) is 8.35. The van der Waals surface area contributed by atoms with Crippen LogP contribution in [-0.2, 0) is 14.3 Å². The lowest BCUT2D eigenvalue weighted by atomic mass is 9.95. The molecule has 1 heterocycles. The summed E-state index contributed by atoms with van der Waals surface area (Å²) in [6.07, 6.45) is 3.55. The van der Waals surface area contributed by atoms with Crippen LogP contribution in [0.25, 0.3) is 0 Å². The van der Waals surface area contributed by atoms with Crippen molar-refractivity contribution in [3.63, 3.8) is 0 Å². The van der Waals surface area contributed by atoms with Gasteiger partial charge in [0.2, 0.25) is 5.91 Å². The molecule has 1 aliphatic rings. The maximum Gasteiger partial charge on any atom is 0.338 e. The molecule has 0 aliphatic carbocycles. The van der Waals surface area contributed by atoms with Crippen LogP contribution in [0.2, 0.25) is 0 Å². The molecule has 1 aliphatic heterocycles. The van der Waals surface area contributed by atoms with E-state index in [-0.39, 0.29) is 17.8 Å². The van der Waals surface area contributed by atoms with E-state index in [0.29, 0.717) is 23.7 Å². The van der Waals surface area contributed by atoms with E-state index in [1.807, 2.05) is 52.1 Å². The van der Waals surface area contributed by atoms with Crippen molar-refractivity contribution in [2.75, 3.05) is 19.0 Å². The smallest absolute Gasteiger partial charge is 0.338 e. The first-order valence-electron chi connectivity index (χ1n) is 10.6. The molecule has 0 radical (unpaired) electrons. The Balaban J connectivity index is 2.19. The van der Waals surface area contributed by atoms with Gasteiger partial charge in [0.25, 0.3) is 0 Å². The third kappa shape index (κ3) is 6.29. The highest BCUT2D eigenvalue weighted by Crippen LogP contribution is 2.31. The second-order valence-electron chi connectivity index (χ2n) is 8.06. The molecule has 7 heteroatoms. The first kappa shape index (κ1) is 23.9. The third-order valence-corrected chi connectivity index (χ3v) is 5.45. The largest absolute Gasteiger partial charge is 0.462 e. The van der Waals surface area contributed by atoms with Crippen LogP contribution in [0.3, 0.4) is 0 Å². The minimum atomic E-state index is -0.400. The number of anilines is 1. The lowest BCUT2D eigenvalue weighted by molar-refractivity contribution is -0.140. The number of allylic oxidation sites excluding steroid dienone is 1. The maximum absolute atomic E-state index is 12.8. The molecule has 2 rings (SSSR count). The molecule has 1 atom stereocenters. The number of esters is 1.